The summed E-state index contributed by atoms with van der Waals surface area (Å²) >= 11 is 0. The predicted molar refractivity (Wildman–Crippen MR) is 44.6 cm³/mol. The SMILES string of the molecule is CC(C)OC(C#N)C1CCCO1. The summed E-state index contributed by atoms with van der Waals surface area (Å²) in [4.78, 5) is 0. The van der Waals surface area contributed by atoms with Crippen LogP contribution in [0.5, 0.6) is 0 Å². The van der Waals surface area contributed by atoms with Crippen LogP contribution < -0.4 is 0 Å². The molecule has 2 unspecified atom stereocenters. The molecule has 0 aromatic heterocycles. The molecule has 3 heteroatoms. The van der Waals surface area contributed by atoms with Crippen molar-refractivity contribution in [2.24, 2.45) is 0 Å². The first-order chi connectivity index (χ1) is 5.74. The molecule has 1 saturated heterocycles. The van der Waals surface area contributed by atoms with Crippen molar-refractivity contribution in [1.29, 1.82) is 5.26 Å². The Bertz CT molecular complexity index is 168. The minimum atomic E-state index is -0.382. The van der Waals surface area contributed by atoms with Crippen molar-refractivity contribution in [2.45, 2.75) is 45.0 Å². The van der Waals surface area contributed by atoms with Gasteiger partial charge in [0.05, 0.1) is 18.3 Å². The van der Waals surface area contributed by atoms with E-state index in [0.717, 1.165) is 19.4 Å². The van der Waals surface area contributed by atoms with Gasteiger partial charge >= 0.3 is 0 Å². The lowest BCUT2D eigenvalue weighted by Crippen LogP contribution is -2.29. The van der Waals surface area contributed by atoms with Gasteiger partial charge in [0.15, 0.2) is 6.10 Å². The fourth-order valence-electron chi connectivity index (χ4n) is 1.34. The van der Waals surface area contributed by atoms with Crippen LogP contribution in [0.1, 0.15) is 26.7 Å². The Kier molecular flexibility index (Phi) is 3.51. The Morgan fingerprint density at radius 2 is 2.33 bits per heavy atom. The van der Waals surface area contributed by atoms with Crippen molar-refractivity contribution in [1.82, 2.24) is 0 Å². The molecule has 12 heavy (non-hydrogen) atoms. The Labute approximate surface area is 73.3 Å². The highest BCUT2D eigenvalue weighted by molar-refractivity contribution is 4.92. The molecule has 0 amide bonds. The highest BCUT2D eigenvalue weighted by atomic mass is 16.5. The number of ether oxygens (including phenoxy) is 2. The third-order valence-electron chi connectivity index (χ3n) is 1.85. The summed E-state index contributed by atoms with van der Waals surface area (Å²) in [5, 5.41) is 8.78. The van der Waals surface area contributed by atoms with Gasteiger partial charge in [-0.1, -0.05) is 0 Å². The first kappa shape index (κ1) is 9.50. The van der Waals surface area contributed by atoms with Gasteiger partial charge in [-0.2, -0.15) is 5.26 Å². The van der Waals surface area contributed by atoms with E-state index in [0.29, 0.717) is 0 Å². The molecule has 1 aliphatic rings. The van der Waals surface area contributed by atoms with Crippen molar-refractivity contribution < 1.29 is 9.47 Å². The minimum absolute atomic E-state index is 0.00241. The van der Waals surface area contributed by atoms with Crippen LogP contribution in [-0.4, -0.2) is 24.9 Å². The Morgan fingerprint density at radius 3 is 2.75 bits per heavy atom. The van der Waals surface area contributed by atoms with Crippen molar-refractivity contribution in [3.8, 4) is 6.07 Å². The summed E-state index contributed by atoms with van der Waals surface area (Å²) in [5.74, 6) is 0. The highest BCUT2D eigenvalue weighted by Crippen LogP contribution is 2.18. The maximum absolute atomic E-state index is 8.78. The molecule has 1 fully saturated rings. The summed E-state index contributed by atoms with van der Waals surface area (Å²) in [6, 6.07) is 2.13. The number of nitrogens with zero attached hydrogens (tertiary/aromatic N) is 1. The van der Waals surface area contributed by atoms with Gasteiger partial charge < -0.3 is 9.47 Å². The lowest BCUT2D eigenvalue weighted by atomic mass is 10.1. The first-order valence-corrected chi connectivity index (χ1v) is 4.40. The van der Waals surface area contributed by atoms with Gasteiger partial charge in [0.2, 0.25) is 0 Å². The maximum atomic E-state index is 8.78. The zero-order valence-corrected chi connectivity index (χ0v) is 7.62. The van der Waals surface area contributed by atoms with Crippen molar-refractivity contribution >= 4 is 0 Å². The smallest absolute Gasteiger partial charge is 0.170 e. The number of hydrogen-bond donors (Lipinski definition) is 0. The largest absolute Gasteiger partial charge is 0.374 e. The van der Waals surface area contributed by atoms with Gasteiger partial charge in [0.25, 0.3) is 0 Å². The normalized spacial score (nSPS) is 25.7. The zero-order valence-electron chi connectivity index (χ0n) is 7.62. The van der Waals surface area contributed by atoms with Crippen LogP contribution in [-0.2, 0) is 9.47 Å². The van der Waals surface area contributed by atoms with Crippen molar-refractivity contribution in [2.75, 3.05) is 6.61 Å². The summed E-state index contributed by atoms with van der Waals surface area (Å²) in [6.45, 7) is 4.63. The number of hydrogen-bond acceptors (Lipinski definition) is 3. The van der Waals surface area contributed by atoms with E-state index in [1.165, 1.54) is 0 Å². The molecule has 0 aromatic carbocycles. The van der Waals surface area contributed by atoms with Crippen molar-refractivity contribution in [3.05, 3.63) is 0 Å². The van der Waals surface area contributed by atoms with Gasteiger partial charge in [-0.15, -0.1) is 0 Å². The fourth-order valence-corrected chi connectivity index (χ4v) is 1.34. The first-order valence-electron chi connectivity index (χ1n) is 4.40. The van der Waals surface area contributed by atoms with Gasteiger partial charge in [0, 0.05) is 6.61 Å². The van der Waals surface area contributed by atoms with E-state index in [1.807, 2.05) is 13.8 Å². The zero-order chi connectivity index (χ0) is 8.97. The van der Waals surface area contributed by atoms with E-state index < -0.39 is 0 Å². The molecule has 1 rings (SSSR count). The molecule has 1 aliphatic heterocycles. The van der Waals surface area contributed by atoms with Crippen LogP contribution in [0, 0.1) is 11.3 Å². The van der Waals surface area contributed by atoms with E-state index in [9.17, 15) is 0 Å². The average molecular weight is 169 g/mol. The topological polar surface area (TPSA) is 42.2 Å². The van der Waals surface area contributed by atoms with Gasteiger partial charge in [0.1, 0.15) is 0 Å². The quantitative estimate of drug-likeness (QED) is 0.642. The molecule has 0 N–H and O–H groups in total. The van der Waals surface area contributed by atoms with Crippen LogP contribution in [0.4, 0.5) is 0 Å². The molecular formula is C9H15NO2. The van der Waals surface area contributed by atoms with Gasteiger partial charge in [-0.05, 0) is 26.7 Å². The molecule has 1 heterocycles. The molecule has 0 saturated carbocycles. The second kappa shape index (κ2) is 4.44. The Balaban J connectivity index is 2.39. The second-order valence-corrected chi connectivity index (χ2v) is 3.29. The molecule has 2 atom stereocenters. The molecule has 3 nitrogen and oxygen atoms in total. The van der Waals surface area contributed by atoms with E-state index in [2.05, 4.69) is 6.07 Å². The van der Waals surface area contributed by atoms with Crippen LogP contribution in [0.25, 0.3) is 0 Å². The van der Waals surface area contributed by atoms with Gasteiger partial charge in [-0.3, -0.25) is 0 Å². The van der Waals surface area contributed by atoms with Crippen molar-refractivity contribution in [3.63, 3.8) is 0 Å². The lowest BCUT2D eigenvalue weighted by molar-refractivity contribution is -0.0448. The predicted octanol–water partition coefficient (Wildman–Crippen LogP) is 1.48. The number of rotatable bonds is 3. The Morgan fingerprint density at radius 1 is 1.58 bits per heavy atom. The van der Waals surface area contributed by atoms with E-state index in [-0.39, 0.29) is 18.3 Å². The van der Waals surface area contributed by atoms with Crippen LogP contribution in [0.2, 0.25) is 0 Å². The monoisotopic (exact) mass is 169 g/mol. The van der Waals surface area contributed by atoms with E-state index in [4.69, 9.17) is 14.7 Å². The summed E-state index contributed by atoms with van der Waals surface area (Å²) in [5.41, 5.74) is 0. The number of nitriles is 1. The summed E-state index contributed by atoms with van der Waals surface area (Å²) in [7, 11) is 0. The standard InChI is InChI=1S/C9H15NO2/c1-7(2)12-9(6-10)8-4-3-5-11-8/h7-9H,3-5H2,1-2H3. The lowest BCUT2D eigenvalue weighted by Gasteiger charge is -2.18. The molecule has 68 valence electrons. The summed E-state index contributed by atoms with van der Waals surface area (Å²) in [6.07, 6.45) is 1.71. The van der Waals surface area contributed by atoms with Crippen LogP contribution in [0.3, 0.4) is 0 Å². The van der Waals surface area contributed by atoms with E-state index in [1.54, 1.807) is 0 Å². The molecular weight excluding hydrogens is 154 g/mol. The fraction of sp³-hybridized carbons (Fsp3) is 0.889. The van der Waals surface area contributed by atoms with Gasteiger partial charge in [-0.25, -0.2) is 0 Å². The third-order valence-corrected chi connectivity index (χ3v) is 1.85. The van der Waals surface area contributed by atoms with Crippen LogP contribution in [0.15, 0.2) is 0 Å². The molecule has 0 bridgehead atoms. The third kappa shape index (κ3) is 2.47. The highest BCUT2D eigenvalue weighted by Gasteiger charge is 2.26. The summed E-state index contributed by atoms with van der Waals surface area (Å²) < 4.78 is 10.8. The molecule has 0 aromatic rings. The molecule has 0 spiro atoms. The van der Waals surface area contributed by atoms with Crippen LogP contribution >= 0.6 is 0 Å². The maximum Gasteiger partial charge on any atom is 0.170 e. The Hall–Kier alpha value is -0.590. The second-order valence-electron chi connectivity index (χ2n) is 3.29. The average Bonchev–Trinajstić information content (AvgIpc) is 2.51. The van der Waals surface area contributed by atoms with E-state index >= 15 is 0 Å². The minimum Gasteiger partial charge on any atom is -0.374 e. The molecule has 0 aliphatic carbocycles. The molecule has 0 radical (unpaired) electrons.